The predicted octanol–water partition coefficient (Wildman–Crippen LogP) is 5.19. The van der Waals surface area contributed by atoms with Crippen LogP contribution in [0.4, 0.5) is 5.69 Å². The van der Waals surface area contributed by atoms with E-state index in [2.05, 4.69) is 69.5 Å². The molecular formula is C30H45BN2O3. The number of carbonyl (C=O) groups is 1. The number of fused-ring (bicyclic) bond motifs is 2. The Morgan fingerprint density at radius 2 is 1.53 bits per heavy atom. The van der Waals surface area contributed by atoms with Crippen molar-refractivity contribution in [3.8, 4) is 0 Å². The van der Waals surface area contributed by atoms with E-state index in [0.717, 1.165) is 49.7 Å². The third-order valence-electron chi connectivity index (χ3n) is 10.6. The lowest BCUT2D eigenvalue weighted by molar-refractivity contribution is -0.125. The van der Waals surface area contributed by atoms with E-state index in [1.165, 1.54) is 37.9 Å². The summed E-state index contributed by atoms with van der Waals surface area (Å²) < 4.78 is 12.8. The van der Waals surface area contributed by atoms with Crippen LogP contribution in [0.1, 0.15) is 105 Å². The first-order valence-corrected chi connectivity index (χ1v) is 14.5. The zero-order chi connectivity index (χ0) is 25.5. The molecule has 1 aromatic carbocycles. The van der Waals surface area contributed by atoms with E-state index in [0.29, 0.717) is 23.4 Å². The summed E-state index contributed by atoms with van der Waals surface area (Å²) in [5, 5.41) is 0. The number of amides is 1. The second-order valence-corrected chi connectivity index (χ2v) is 14.2. The van der Waals surface area contributed by atoms with E-state index < -0.39 is 7.12 Å². The van der Waals surface area contributed by atoms with Crippen molar-refractivity contribution in [2.45, 2.75) is 128 Å². The van der Waals surface area contributed by atoms with E-state index in [1.807, 2.05) is 0 Å². The number of benzene rings is 1. The molecular weight excluding hydrogens is 447 g/mol. The number of anilines is 1. The molecule has 0 atom stereocenters. The van der Waals surface area contributed by atoms with Crippen LogP contribution in [0.2, 0.25) is 0 Å². The minimum atomic E-state index is -0.398. The molecule has 0 N–H and O–H groups in total. The maximum absolute atomic E-state index is 14.2. The van der Waals surface area contributed by atoms with Gasteiger partial charge >= 0.3 is 7.12 Å². The molecule has 3 aliphatic heterocycles. The predicted molar refractivity (Wildman–Crippen MR) is 146 cm³/mol. The molecule has 0 radical (unpaired) electrons. The number of nitrogens with zero attached hydrogens (tertiary/aromatic N) is 2. The van der Waals surface area contributed by atoms with Crippen LogP contribution in [-0.2, 0) is 19.5 Å². The highest BCUT2D eigenvalue weighted by atomic mass is 16.7. The van der Waals surface area contributed by atoms with Gasteiger partial charge in [-0.1, -0.05) is 45.2 Å². The molecule has 2 saturated carbocycles. The second-order valence-electron chi connectivity index (χ2n) is 14.2. The van der Waals surface area contributed by atoms with Crippen LogP contribution in [0.25, 0.3) is 0 Å². The molecule has 6 heteroatoms. The molecule has 5 nitrogen and oxygen atoms in total. The van der Waals surface area contributed by atoms with Gasteiger partial charge in [0.15, 0.2) is 0 Å². The maximum Gasteiger partial charge on any atom is 0.494 e. The number of likely N-dealkylation sites (tertiary alicyclic amines) is 1. The van der Waals surface area contributed by atoms with Gasteiger partial charge in [0.2, 0.25) is 5.91 Å². The molecule has 3 heterocycles. The monoisotopic (exact) mass is 492 g/mol. The number of hydrogen-bond acceptors (Lipinski definition) is 4. The topological polar surface area (TPSA) is 42.0 Å². The Labute approximate surface area is 218 Å². The first-order chi connectivity index (χ1) is 16.9. The largest absolute Gasteiger partial charge is 0.494 e. The van der Waals surface area contributed by atoms with Crippen LogP contribution in [0.15, 0.2) is 18.2 Å². The molecule has 5 aliphatic rings. The van der Waals surface area contributed by atoms with E-state index in [1.54, 1.807) is 0 Å². The molecule has 1 spiro atoms. The Bertz CT molecular complexity index is 1020. The van der Waals surface area contributed by atoms with Gasteiger partial charge in [0.1, 0.15) is 0 Å². The van der Waals surface area contributed by atoms with E-state index in [4.69, 9.17) is 9.31 Å². The van der Waals surface area contributed by atoms with Gasteiger partial charge in [0.05, 0.1) is 16.6 Å². The molecule has 196 valence electrons. The van der Waals surface area contributed by atoms with Crippen molar-refractivity contribution in [1.82, 2.24) is 4.90 Å². The van der Waals surface area contributed by atoms with E-state index >= 15 is 0 Å². The first-order valence-electron chi connectivity index (χ1n) is 14.5. The van der Waals surface area contributed by atoms with E-state index in [9.17, 15) is 4.79 Å². The van der Waals surface area contributed by atoms with Crippen molar-refractivity contribution in [2.75, 3.05) is 18.0 Å². The Morgan fingerprint density at radius 3 is 2.17 bits per heavy atom. The fourth-order valence-corrected chi connectivity index (χ4v) is 7.58. The summed E-state index contributed by atoms with van der Waals surface area (Å²) in [6.45, 7) is 15.6. The highest BCUT2D eigenvalue weighted by Crippen LogP contribution is 2.52. The molecule has 4 fully saturated rings. The number of rotatable bonds is 3. The average Bonchev–Trinajstić information content (AvgIpc) is 3.14. The number of carbonyl (C=O) groups excluding carboxylic acids is 1. The molecule has 1 amide bonds. The summed E-state index contributed by atoms with van der Waals surface area (Å²) in [7, 11) is -0.398. The van der Waals surface area contributed by atoms with Crippen LogP contribution in [-0.4, -0.2) is 54.3 Å². The lowest BCUT2D eigenvalue weighted by atomic mass is 9.69. The van der Waals surface area contributed by atoms with Crippen LogP contribution in [0, 0.1) is 5.41 Å². The van der Waals surface area contributed by atoms with Crippen molar-refractivity contribution >= 4 is 24.2 Å². The fraction of sp³-hybridized carbons (Fsp3) is 0.767. The van der Waals surface area contributed by atoms with Crippen LogP contribution in [0.5, 0.6) is 0 Å². The molecule has 6 rings (SSSR count). The summed E-state index contributed by atoms with van der Waals surface area (Å²) in [6.07, 6.45) is 10.3. The standard InChI is InChI=1S/C30H45BN2O3/c1-27(2)13-10-16-32(20-27)22-18-23(19-22)33-25-17-21(31-35-28(3,4)29(5,6)36-31)11-12-24(25)30(26(33)34)14-8-7-9-15-30/h11-12,17,22-23H,7-10,13-16,18-20H2,1-6H3. The summed E-state index contributed by atoms with van der Waals surface area (Å²) >= 11 is 0. The molecule has 0 aromatic heterocycles. The molecule has 2 saturated heterocycles. The summed E-state index contributed by atoms with van der Waals surface area (Å²) in [5.41, 5.74) is 2.77. The zero-order valence-electron chi connectivity index (χ0n) is 23.4. The van der Waals surface area contributed by atoms with Crippen LogP contribution < -0.4 is 10.4 Å². The second kappa shape index (κ2) is 8.32. The van der Waals surface area contributed by atoms with Crippen molar-refractivity contribution in [1.29, 1.82) is 0 Å². The summed E-state index contributed by atoms with van der Waals surface area (Å²) in [5.74, 6) is 0.366. The van der Waals surface area contributed by atoms with Crippen LogP contribution >= 0.6 is 0 Å². The number of piperidine rings is 1. The minimum absolute atomic E-state index is 0.307. The highest BCUT2D eigenvalue weighted by Gasteiger charge is 2.56. The lowest BCUT2D eigenvalue weighted by Gasteiger charge is -2.50. The number of hydrogen-bond donors (Lipinski definition) is 0. The van der Waals surface area contributed by atoms with Gasteiger partial charge < -0.3 is 14.2 Å². The Kier molecular flexibility index (Phi) is 5.76. The van der Waals surface area contributed by atoms with Gasteiger partial charge in [0, 0.05) is 24.3 Å². The molecule has 0 unspecified atom stereocenters. The molecule has 2 aliphatic carbocycles. The van der Waals surface area contributed by atoms with Crippen molar-refractivity contribution in [3.63, 3.8) is 0 Å². The van der Waals surface area contributed by atoms with Gasteiger partial charge in [-0.25, -0.2) is 0 Å². The smallest absolute Gasteiger partial charge is 0.399 e. The lowest BCUT2D eigenvalue weighted by Crippen LogP contribution is -2.59. The third kappa shape index (κ3) is 3.81. The average molecular weight is 493 g/mol. The Hall–Kier alpha value is -1.37. The van der Waals surface area contributed by atoms with Gasteiger partial charge in [-0.3, -0.25) is 9.69 Å². The first kappa shape index (κ1) is 24.9. The molecule has 0 bridgehead atoms. The van der Waals surface area contributed by atoms with Gasteiger partial charge in [-0.05, 0) is 95.3 Å². The quantitative estimate of drug-likeness (QED) is 0.545. The molecule has 36 heavy (non-hydrogen) atoms. The minimum Gasteiger partial charge on any atom is -0.399 e. The third-order valence-corrected chi connectivity index (χ3v) is 10.6. The summed E-state index contributed by atoms with van der Waals surface area (Å²) in [6, 6.07) is 7.55. The normalized spacial score (nSPS) is 32.6. The van der Waals surface area contributed by atoms with Crippen LogP contribution in [0.3, 0.4) is 0 Å². The van der Waals surface area contributed by atoms with Gasteiger partial charge in [0.25, 0.3) is 0 Å². The van der Waals surface area contributed by atoms with Gasteiger partial charge in [-0.15, -0.1) is 0 Å². The Balaban J connectivity index is 1.29. The molecule has 1 aromatic rings. The Morgan fingerprint density at radius 1 is 0.861 bits per heavy atom. The van der Waals surface area contributed by atoms with Crippen molar-refractivity contribution < 1.29 is 14.1 Å². The maximum atomic E-state index is 14.2. The van der Waals surface area contributed by atoms with Crippen molar-refractivity contribution in [3.05, 3.63) is 23.8 Å². The van der Waals surface area contributed by atoms with Gasteiger partial charge in [-0.2, -0.15) is 0 Å². The van der Waals surface area contributed by atoms with Crippen molar-refractivity contribution in [2.24, 2.45) is 5.41 Å². The summed E-state index contributed by atoms with van der Waals surface area (Å²) in [4.78, 5) is 19.2. The zero-order valence-corrected chi connectivity index (χ0v) is 23.4. The fourth-order valence-electron chi connectivity index (χ4n) is 7.58. The van der Waals surface area contributed by atoms with E-state index in [-0.39, 0.29) is 16.6 Å². The SMILES string of the molecule is CC1(C)CCCN(C2CC(N3C(=O)C4(CCCCC4)c4ccc(B5OC(C)(C)C(C)(C)O5)cc43)C2)C1. The highest BCUT2D eigenvalue weighted by molar-refractivity contribution is 6.62.